The van der Waals surface area contributed by atoms with Crippen LogP contribution in [0.1, 0.15) is 44.5 Å². The molecule has 5 nitrogen and oxygen atoms in total. The Morgan fingerprint density at radius 2 is 2.26 bits per heavy atom. The third-order valence-electron chi connectivity index (χ3n) is 4.80. The first-order valence-electron chi connectivity index (χ1n) is 6.72. The van der Waals surface area contributed by atoms with E-state index < -0.39 is 0 Å². The number of hydrogen-bond acceptors (Lipinski definition) is 3. The fourth-order valence-corrected chi connectivity index (χ4v) is 2.62. The van der Waals surface area contributed by atoms with E-state index in [1.54, 1.807) is 24.2 Å². The van der Waals surface area contributed by atoms with Gasteiger partial charge in [0.15, 0.2) is 0 Å². The van der Waals surface area contributed by atoms with Crippen molar-refractivity contribution in [2.75, 3.05) is 7.11 Å². The molecule has 0 bridgehead atoms. The van der Waals surface area contributed by atoms with Gasteiger partial charge in [-0.25, -0.2) is 0 Å². The van der Waals surface area contributed by atoms with Crippen LogP contribution in [0.25, 0.3) is 0 Å². The summed E-state index contributed by atoms with van der Waals surface area (Å²) >= 11 is 0. The highest BCUT2D eigenvalue weighted by Gasteiger charge is 2.58. The highest BCUT2D eigenvalue weighted by atomic mass is 16.5. The first-order valence-corrected chi connectivity index (χ1v) is 6.72. The van der Waals surface area contributed by atoms with Crippen LogP contribution in [0, 0.1) is 5.41 Å². The van der Waals surface area contributed by atoms with E-state index in [0.717, 1.165) is 13.0 Å². The number of ether oxygens (including phenoxy) is 1. The van der Waals surface area contributed by atoms with Crippen molar-refractivity contribution in [1.82, 2.24) is 15.1 Å². The Kier molecular flexibility index (Phi) is 3.43. The third kappa shape index (κ3) is 2.16. The minimum absolute atomic E-state index is 0.0593. The Hall–Kier alpha value is -1.36. The second-order valence-corrected chi connectivity index (χ2v) is 5.97. The molecule has 0 aliphatic heterocycles. The molecule has 0 spiro atoms. The maximum Gasteiger partial charge on any atom is 0.254 e. The molecule has 1 aromatic heterocycles. The first kappa shape index (κ1) is 14.1. The molecule has 5 heteroatoms. The molecule has 1 saturated carbocycles. The number of aryl methyl sites for hydroxylation is 1. The molecule has 1 aliphatic rings. The van der Waals surface area contributed by atoms with Gasteiger partial charge >= 0.3 is 0 Å². The zero-order chi connectivity index (χ0) is 14.3. The van der Waals surface area contributed by atoms with Gasteiger partial charge < -0.3 is 10.1 Å². The lowest BCUT2D eigenvalue weighted by Gasteiger charge is -2.59. The average Bonchev–Trinajstić information content (AvgIpc) is 2.86. The maximum atomic E-state index is 12.2. The predicted octanol–water partition coefficient (Wildman–Crippen LogP) is 1.84. The van der Waals surface area contributed by atoms with Crippen LogP contribution in [0.2, 0.25) is 0 Å². The molecule has 1 heterocycles. The Morgan fingerprint density at radius 3 is 2.74 bits per heavy atom. The minimum Gasteiger partial charge on any atom is -0.378 e. The van der Waals surface area contributed by atoms with Crippen LogP contribution in [-0.4, -0.2) is 34.4 Å². The lowest BCUT2D eigenvalue weighted by Crippen LogP contribution is -2.68. The summed E-state index contributed by atoms with van der Waals surface area (Å²) in [6.45, 7) is 9.10. The van der Waals surface area contributed by atoms with Gasteiger partial charge in [-0.15, -0.1) is 0 Å². The number of nitrogens with zero attached hydrogens (tertiary/aromatic N) is 2. The van der Waals surface area contributed by atoms with E-state index in [0.29, 0.717) is 5.56 Å². The number of rotatable bonds is 4. The summed E-state index contributed by atoms with van der Waals surface area (Å²) in [4.78, 5) is 12.2. The maximum absolute atomic E-state index is 12.2. The van der Waals surface area contributed by atoms with Crippen LogP contribution in [-0.2, 0) is 11.3 Å². The smallest absolute Gasteiger partial charge is 0.254 e. The Bertz CT molecular complexity index is 481. The molecule has 19 heavy (non-hydrogen) atoms. The van der Waals surface area contributed by atoms with Gasteiger partial charge in [-0.3, -0.25) is 9.48 Å². The van der Waals surface area contributed by atoms with E-state index in [4.69, 9.17) is 4.74 Å². The van der Waals surface area contributed by atoms with E-state index in [2.05, 4.69) is 31.2 Å². The Balaban J connectivity index is 2.01. The predicted molar refractivity (Wildman–Crippen MR) is 73.0 cm³/mol. The third-order valence-corrected chi connectivity index (χ3v) is 4.80. The molecule has 2 rings (SSSR count). The monoisotopic (exact) mass is 265 g/mol. The molecular weight excluding hydrogens is 242 g/mol. The highest BCUT2D eigenvalue weighted by Crippen LogP contribution is 2.51. The van der Waals surface area contributed by atoms with E-state index in [9.17, 15) is 4.79 Å². The van der Waals surface area contributed by atoms with Crippen molar-refractivity contribution in [2.24, 2.45) is 5.41 Å². The lowest BCUT2D eigenvalue weighted by molar-refractivity contribution is -0.177. The van der Waals surface area contributed by atoms with Crippen molar-refractivity contribution in [3.63, 3.8) is 0 Å². The first-order chi connectivity index (χ1) is 8.84. The van der Waals surface area contributed by atoms with Gasteiger partial charge in [-0.2, -0.15) is 5.10 Å². The van der Waals surface area contributed by atoms with Gasteiger partial charge in [0.25, 0.3) is 5.91 Å². The fraction of sp³-hybridized carbons (Fsp3) is 0.714. The molecule has 0 unspecified atom stereocenters. The zero-order valence-electron chi connectivity index (χ0n) is 12.4. The van der Waals surface area contributed by atoms with Crippen molar-refractivity contribution in [3.05, 3.63) is 18.0 Å². The molecule has 2 atom stereocenters. The fourth-order valence-electron chi connectivity index (χ4n) is 2.62. The number of hydrogen-bond donors (Lipinski definition) is 1. The second kappa shape index (κ2) is 4.63. The SMILES string of the molecule is CCn1cc(C(=O)N[C@@H]2C[C@](C)(OC)C2(C)C)cn1. The van der Waals surface area contributed by atoms with E-state index in [-0.39, 0.29) is 23.0 Å². The molecule has 106 valence electrons. The van der Waals surface area contributed by atoms with Gasteiger partial charge in [-0.1, -0.05) is 13.8 Å². The number of carbonyl (C=O) groups excluding carboxylic acids is 1. The van der Waals surface area contributed by atoms with Crippen molar-refractivity contribution in [2.45, 2.75) is 52.3 Å². The molecular formula is C14H23N3O2. The molecule has 1 aromatic rings. The summed E-state index contributed by atoms with van der Waals surface area (Å²) in [5.74, 6) is -0.0593. The lowest BCUT2D eigenvalue weighted by atomic mass is 9.56. The standard InChI is InChI=1S/C14H23N3O2/c1-6-17-9-10(8-15-17)12(18)16-11-7-14(4,19-5)13(11,2)3/h8-9,11H,6-7H2,1-5H3,(H,16,18)/t11-,14+/m1/s1. The molecule has 1 N–H and O–H groups in total. The number of carbonyl (C=O) groups is 1. The van der Waals surface area contributed by atoms with Crippen LogP contribution < -0.4 is 5.32 Å². The number of amides is 1. The van der Waals surface area contributed by atoms with Crippen molar-refractivity contribution < 1.29 is 9.53 Å². The second-order valence-electron chi connectivity index (χ2n) is 5.97. The topological polar surface area (TPSA) is 56.2 Å². The summed E-state index contributed by atoms with van der Waals surface area (Å²) < 4.78 is 7.31. The highest BCUT2D eigenvalue weighted by molar-refractivity contribution is 5.94. The summed E-state index contributed by atoms with van der Waals surface area (Å²) in [6.07, 6.45) is 4.22. The molecule has 1 fully saturated rings. The number of aromatic nitrogens is 2. The van der Waals surface area contributed by atoms with Crippen LogP contribution in [0.5, 0.6) is 0 Å². The zero-order valence-corrected chi connectivity index (χ0v) is 12.4. The Labute approximate surface area is 114 Å². The van der Waals surface area contributed by atoms with Crippen LogP contribution in [0.4, 0.5) is 0 Å². The molecule has 0 saturated heterocycles. The molecule has 1 aliphatic carbocycles. The van der Waals surface area contributed by atoms with Gasteiger partial charge in [0.1, 0.15) is 0 Å². The van der Waals surface area contributed by atoms with Crippen LogP contribution >= 0.6 is 0 Å². The molecule has 0 aromatic carbocycles. The summed E-state index contributed by atoms with van der Waals surface area (Å²) in [7, 11) is 1.73. The number of methoxy groups -OCH3 is 1. The van der Waals surface area contributed by atoms with Crippen LogP contribution in [0.3, 0.4) is 0 Å². The molecule has 1 amide bonds. The van der Waals surface area contributed by atoms with Crippen LogP contribution in [0.15, 0.2) is 12.4 Å². The summed E-state index contributed by atoms with van der Waals surface area (Å²) in [6, 6.07) is 0.134. The number of nitrogens with one attached hydrogen (secondary N) is 1. The normalized spacial score (nSPS) is 28.8. The average molecular weight is 265 g/mol. The summed E-state index contributed by atoms with van der Waals surface area (Å²) in [5, 5.41) is 7.20. The van der Waals surface area contributed by atoms with Crippen molar-refractivity contribution in [3.8, 4) is 0 Å². The Morgan fingerprint density at radius 1 is 1.58 bits per heavy atom. The van der Waals surface area contributed by atoms with Crippen molar-refractivity contribution in [1.29, 1.82) is 0 Å². The van der Waals surface area contributed by atoms with Gasteiger partial charge in [0, 0.05) is 31.3 Å². The summed E-state index contributed by atoms with van der Waals surface area (Å²) in [5.41, 5.74) is 0.375. The minimum atomic E-state index is -0.168. The van der Waals surface area contributed by atoms with Gasteiger partial charge in [0.2, 0.25) is 0 Å². The largest absolute Gasteiger partial charge is 0.378 e. The van der Waals surface area contributed by atoms with E-state index in [1.807, 2.05) is 6.92 Å². The quantitative estimate of drug-likeness (QED) is 0.903. The van der Waals surface area contributed by atoms with Gasteiger partial charge in [-0.05, 0) is 20.3 Å². The van der Waals surface area contributed by atoms with E-state index in [1.165, 1.54) is 0 Å². The van der Waals surface area contributed by atoms with E-state index >= 15 is 0 Å². The van der Waals surface area contributed by atoms with Gasteiger partial charge in [0.05, 0.1) is 17.4 Å². The molecule has 0 radical (unpaired) electrons. The van der Waals surface area contributed by atoms with Crippen molar-refractivity contribution >= 4 is 5.91 Å².